The summed E-state index contributed by atoms with van der Waals surface area (Å²) in [5, 5.41) is 0. The second kappa shape index (κ2) is 7.15. The van der Waals surface area contributed by atoms with Crippen molar-refractivity contribution in [2.75, 3.05) is 20.3 Å². The number of methoxy groups -OCH3 is 1. The van der Waals surface area contributed by atoms with Crippen LogP contribution in [0.5, 0.6) is 11.5 Å². The molecular weight excluding hydrogens is 296 g/mol. The number of cyclic esters (lactones) is 1. The molecule has 0 saturated carbocycles. The van der Waals surface area contributed by atoms with Crippen molar-refractivity contribution in [2.45, 2.75) is 13.2 Å². The third-order valence-electron chi connectivity index (χ3n) is 3.59. The van der Waals surface area contributed by atoms with Crippen molar-refractivity contribution in [2.24, 2.45) is 0 Å². The van der Waals surface area contributed by atoms with Gasteiger partial charge in [-0.1, -0.05) is 30.3 Å². The Hall–Kier alpha value is -2.53. The van der Waals surface area contributed by atoms with Gasteiger partial charge in [0.1, 0.15) is 13.2 Å². The number of rotatable bonds is 7. The normalized spacial score (nSPS) is 12.7. The van der Waals surface area contributed by atoms with Crippen molar-refractivity contribution >= 4 is 5.97 Å². The lowest BCUT2D eigenvalue weighted by Crippen LogP contribution is -2.08. The first-order chi connectivity index (χ1) is 11.3. The first kappa shape index (κ1) is 15.4. The molecule has 0 fully saturated rings. The lowest BCUT2D eigenvalue weighted by Gasteiger charge is -2.13. The smallest absolute Gasteiger partial charge is 0.339 e. The van der Waals surface area contributed by atoms with Crippen molar-refractivity contribution in [3.8, 4) is 11.5 Å². The predicted octanol–water partition coefficient (Wildman–Crippen LogP) is 2.96. The Balaban J connectivity index is 1.54. The summed E-state index contributed by atoms with van der Waals surface area (Å²) in [6.07, 6.45) is 0. The molecule has 120 valence electrons. The lowest BCUT2D eigenvalue weighted by molar-refractivity contribution is 0.0534. The molecule has 1 aliphatic rings. The number of fused-ring (bicyclic) bond motifs is 1. The summed E-state index contributed by atoms with van der Waals surface area (Å²) < 4.78 is 21.7. The predicted molar refractivity (Wildman–Crippen MR) is 83.7 cm³/mol. The standard InChI is InChI=1S/C18H18O5/c1-20-17-15-12-23-18(19)14(15)7-8-16(17)22-10-9-21-11-13-5-3-2-4-6-13/h2-8H,9-12H2,1H3. The fourth-order valence-corrected chi connectivity index (χ4v) is 2.47. The minimum Gasteiger partial charge on any atom is -0.492 e. The van der Waals surface area contributed by atoms with E-state index in [0.717, 1.165) is 11.1 Å². The van der Waals surface area contributed by atoms with Crippen LogP contribution in [0.1, 0.15) is 21.5 Å². The molecule has 0 saturated heterocycles. The first-order valence-corrected chi connectivity index (χ1v) is 7.41. The summed E-state index contributed by atoms with van der Waals surface area (Å²) in [4.78, 5) is 11.5. The van der Waals surface area contributed by atoms with E-state index in [4.69, 9.17) is 18.9 Å². The van der Waals surface area contributed by atoms with Gasteiger partial charge in [-0.05, 0) is 17.7 Å². The lowest BCUT2D eigenvalue weighted by atomic mass is 10.1. The molecule has 2 aromatic rings. The Morgan fingerprint density at radius 1 is 1.09 bits per heavy atom. The van der Waals surface area contributed by atoms with Gasteiger partial charge < -0.3 is 18.9 Å². The molecule has 3 rings (SSSR count). The van der Waals surface area contributed by atoms with Gasteiger partial charge in [-0.15, -0.1) is 0 Å². The number of ether oxygens (including phenoxy) is 4. The van der Waals surface area contributed by atoms with E-state index in [-0.39, 0.29) is 12.6 Å². The molecule has 1 aliphatic heterocycles. The SMILES string of the molecule is COc1c(OCCOCc2ccccc2)ccc2c1COC2=O. The molecule has 0 amide bonds. The van der Waals surface area contributed by atoms with Gasteiger partial charge in [0.15, 0.2) is 11.5 Å². The quantitative estimate of drug-likeness (QED) is 0.581. The first-order valence-electron chi connectivity index (χ1n) is 7.41. The Kier molecular flexibility index (Phi) is 4.78. The van der Waals surface area contributed by atoms with Crippen LogP contribution in [-0.4, -0.2) is 26.3 Å². The third kappa shape index (κ3) is 3.46. The Bertz CT molecular complexity index is 681. The highest BCUT2D eigenvalue weighted by molar-refractivity contribution is 5.94. The monoisotopic (exact) mass is 314 g/mol. The minimum absolute atomic E-state index is 0.221. The molecule has 0 atom stereocenters. The second-order valence-corrected chi connectivity index (χ2v) is 5.09. The van der Waals surface area contributed by atoms with Crippen LogP contribution in [0.15, 0.2) is 42.5 Å². The second-order valence-electron chi connectivity index (χ2n) is 5.09. The van der Waals surface area contributed by atoms with Crippen LogP contribution in [0.25, 0.3) is 0 Å². The highest BCUT2D eigenvalue weighted by Crippen LogP contribution is 2.37. The average Bonchev–Trinajstić information content (AvgIpc) is 2.96. The van der Waals surface area contributed by atoms with Crippen molar-refractivity contribution in [1.29, 1.82) is 0 Å². The summed E-state index contributed by atoms with van der Waals surface area (Å²) in [6.45, 7) is 1.63. The van der Waals surface area contributed by atoms with Crippen molar-refractivity contribution in [3.05, 3.63) is 59.2 Å². The molecule has 0 spiro atoms. The Labute approximate surface area is 134 Å². The molecule has 0 radical (unpaired) electrons. The van der Waals surface area contributed by atoms with Crippen LogP contribution in [0.4, 0.5) is 0 Å². The van der Waals surface area contributed by atoms with Crippen LogP contribution in [-0.2, 0) is 22.7 Å². The van der Waals surface area contributed by atoms with Crippen molar-refractivity contribution < 1.29 is 23.7 Å². The number of hydrogen-bond acceptors (Lipinski definition) is 5. The van der Waals surface area contributed by atoms with Gasteiger partial charge in [-0.2, -0.15) is 0 Å². The molecule has 5 nitrogen and oxygen atoms in total. The maximum Gasteiger partial charge on any atom is 0.339 e. The topological polar surface area (TPSA) is 54.0 Å². The fourth-order valence-electron chi connectivity index (χ4n) is 2.47. The van der Waals surface area contributed by atoms with Crippen LogP contribution in [0.3, 0.4) is 0 Å². The number of carbonyl (C=O) groups excluding carboxylic acids is 1. The Morgan fingerprint density at radius 3 is 2.70 bits per heavy atom. The zero-order valence-corrected chi connectivity index (χ0v) is 12.9. The summed E-state index contributed by atoms with van der Waals surface area (Å²) >= 11 is 0. The molecule has 1 heterocycles. The molecule has 0 unspecified atom stereocenters. The number of benzene rings is 2. The van der Waals surface area contributed by atoms with Gasteiger partial charge in [-0.3, -0.25) is 0 Å². The summed E-state index contributed by atoms with van der Waals surface area (Å²) in [6, 6.07) is 13.4. The van der Waals surface area contributed by atoms with Gasteiger partial charge in [0.05, 0.1) is 25.9 Å². The van der Waals surface area contributed by atoms with E-state index < -0.39 is 0 Å². The fraction of sp³-hybridized carbons (Fsp3) is 0.278. The molecular formula is C18H18O5. The van der Waals surface area contributed by atoms with E-state index in [1.54, 1.807) is 19.2 Å². The highest BCUT2D eigenvalue weighted by Gasteiger charge is 2.27. The van der Waals surface area contributed by atoms with E-state index >= 15 is 0 Å². The van der Waals surface area contributed by atoms with E-state index in [0.29, 0.717) is 36.9 Å². The largest absolute Gasteiger partial charge is 0.492 e. The van der Waals surface area contributed by atoms with Crippen LogP contribution in [0.2, 0.25) is 0 Å². The summed E-state index contributed by atoms with van der Waals surface area (Å²) in [5.74, 6) is 0.820. The molecule has 0 N–H and O–H groups in total. The van der Waals surface area contributed by atoms with E-state index in [1.165, 1.54) is 0 Å². The van der Waals surface area contributed by atoms with Crippen molar-refractivity contribution in [3.63, 3.8) is 0 Å². The molecule has 23 heavy (non-hydrogen) atoms. The average molecular weight is 314 g/mol. The summed E-state index contributed by atoms with van der Waals surface area (Å²) in [7, 11) is 1.55. The molecule has 0 aromatic heterocycles. The van der Waals surface area contributed by atoms with Crippen LogP contribution < -0.4 is 9.47 Å². The highest BCUT2D eigenvalue weighted by atomic mass is 16.5. The van der Waals surface area contributed by atoms with E-state index in [1.807, 2.05) is 30.3 Å². The van der Waals surface area contributed by atoms with Gasteiger partial charge in [0, 0.05) is 5.56 Å². The number of hydrogen-bond donors (Lipinski definition) is 0. The third-order valence-corrected chi connectivity index (χ3v) is 3.59. The molecule has 5 heteroatoms. The van der Waals surface area contributed by atoms with Crippen molar-refractivity contribution in [1.82, 2.24) is 0 Å². The number of carbonyl (C=O) groups is 1. The maximum atomic E-state index is 11.5. The summed E-state index contributed by atoms with van der Waals surface area (Å²) in [5.41, 5.74) is 2.40. The number of esters is 1. The van der Waals surface area contributed by atoms with Gasteiger partial charge in [-0.25, -0.2) is 4.79 Å². The maximum absolute atomic E-state index is 11.5. The Morgan fingerprint density at radius 2 is 1.91 bits per heavy atom. The van der Waals surface area contributed by atoms with Gasteiger partial charge in [0.25, 0.3) is 0 Å². The van der Waals surface area contributed by atoms with Crippen LogP contribution >= 0.6 is 0 Å². The zero-order valence-electron chi connectivity index (χ0n) is 12.9. The zero-order chi connectivity index (χ0) is 16.1. The molecule has 2 aromatic carbocycles. The molecule has 0 bridgehead atoms. The van der Waals surface area contributed by atoms with Crippen LogP contribution in [0, 0.1) is 0 Å². The van der Waals surface area contributed by atoms with Gasteiger partial charge in [0.2, 0.25) is 0 Å². The van der Waals surface area contributed by atoms with E-state index in [9.17, 15) is 4.79 Å². The minimum atomic E-state index is -0.323. The van der Waals surface area contributed by atoms with E-state index in [2.05, 4.69) is 0 Å². The van der Waals surface area contributed by atoms with Gasteiger partial charge >= 0.3 is 5.97 Å². The molecule has 0 aliphatic carbocycles.